The molecule has 0 aliphatic rings. The van der Waals surface area contributed by atoms with Gasteiger partial charge in [0.1, 0.15) is 5.76 Å². The van der Waals surface area contributed by atoms with Crippen LogP contribution in [0.1, 0.15) is 17.1 Å². The van der Waals surface area contributed by atoms with Gasteiger partial charge in [0.25, 0.3) is 0 Å². The molecule has 2 aromatic heterocycles. The number of carboxylic acid groups (broad SMARTS) is 1. The second-order valence-electron chi connectivity index (χ2n) is 5.18. The molecular weight excluding hydrogens is 288 g/mol. The third kappa shape index (κ3) is 3.56. The lowest BCUT2D eigenvalue weighted by atomic mass is 10.2. The van der Waals surface area contributed by atoms with Crippen LogP contribution < -0.4 is 5.43 Å². The smallest absolute Gasteiger partial charge is 0.317 e. The summed E-state index contributed by atoms with van der Waals surface area (Å²) in [7, 11) is 1.61. The van der Waals surface area contributed by atoms with Crippen molar-refractivity contribution in [2.75, 3.05) is 13.6 Å². The molecule has 0 saturated carbocycles. The van der Waals surface area contributed by atoms with Crippen molar-refractivity contribution in [3.05, 3.63) is 51.8 Å². The van der Waals surface area contributed by atoms with Gasteiger partial charge in [-0.3, -0.25) is 14.5 Å². The van der Waals surface area contributed by atoms with Crippen molar-refractivity contribution in [1.29, 1.82) is 0 Å². The van der Waals surface area contributed by atoms with Crippen molar-refractivity contribution in [2.45, 2.75) is 20.0 Å². The lowest BCUT2D eigenvalue weighted by Gasteiger charge is -2.21. The summed E-state index contributed by atoms with van der Waals surface area (Å²) >= 11 is 0. The Labute approximate surface area is 127 Å². The van der Waals surface area contributed by atoms with Crippen LogP contribution in [0.15, 0.2) is 33.7 Å². The highest BCUT2D eigenvalue weighted by Gasteiger charge is 2.17. The van der Waals surface area contributed by atoms with Crippen LogP contribution in [0.5, 0.6) is 5.75 Å². The molecule has 22 heavy (non-hydrogen) atoms. The fraction of sp³-hybridized carbons (Fsp3) is 0.333. The largest absolute Gasteiger partial charge is 0.503 e. The number of nitrogens with zero attached hydrogens (tertiary/aromatic N) is 2. The quantitative estimate of drug-likeness (QED) is 0.827. The molecule has 118 valence electrons. The fourth-order valence-corrected chi connectivity index (χ4v) is 2.30. The van der Waals surface area contributed by atoms with Crippen LogP contribution in [-0.4, -0.2) is 39.2 Å². The lowest BCUT2D eigenvalue weighted by Crippen LogP contribution is -2.28. The number of carboxylic acids is 1. The summed E-state index contributed by atoms with van der Waals surface area (Å²) in [6.07, 6.45) is 1.54. The van der Waals surface area contributed by atoms with E-state index < -0.39 is 11.4 Å². The van der Waals surface area contributed by atoms with E-state index in [1.54, 1.807) is 36.9 Å². The Bertz CT molecular complexity index is 718. The third-order valence-electron chi connectivity index (χ3n) is 3.32. The maximum atomic E-state index is 11.8. The Morgan fingerprint density at radius 1 is 1.45 bits per heavy atom. The van der Waals surface area contributed by atoms with E-state index in [-0.39, 0.29) is 18.8 Å². The number of pyridine rings is 1. The third-order valence-corrected chi connectivity index (χ3v) is 3.32. The van der Waals surface area contributed by atoms with Gasteiger partial charge in [-0.1, -0.05) is 0 Å². The summed E-state index contributed by atoms with van der Waals surface area (Å²) in [4.78, 5) is 24.1. The molecule has 0 aromatic carbocycles. The van der Waals surface area contributed by atoms with Gasteiger partial charge < -0.3 is 19.2 Å². The summed E-state index contributed by atoms with van der Waals surface area (Å²) in [5, 5.41) is 18.9. The Morgan fingerprint density at radius 2 is 2.18 bits per heavy atom. The van der Waals surface area contributed by atoms with Gasteiger partial charge in [0.15, 0.2) is 5.75 Å². The first kappa shape index (κ1) is 15.8. The molecule has 0 radical (unpaired) electrons. The molecule has 0 saturated heterocycles. The molecule has 2 rings (SSSR count). The second kappa shape index (κ2) is 6.48. The van der Waals surface area contributed by atoms with E-state index in [0.29, 0.717) is 23.7 Å². The number of aromatic hydroxyl groups is 1. The topological polar surface area (TPSA) is 95.9 Å². The van der Waals surface area contributed by atoms with Crippen molar-refractivity contribution >= 4 is 5.97 Å². The van der Waals surface area contributed by atoms with Crippen LogP contribution in [0.2, 0.25) is 0 Å². The first-order valence-electron chi connectivity index (χ1n) is 6.73. The van der Waals surface area contributed by atoms with Gasteiger partial charge in [0.2, 0.25) is 5.43 Å². The molecule has 0 fully saturated rings. The molecule has 2 heterocycles. The van der Waals surface area contributed by atoms with Crippen LogP contribution in [0.3, 0.4) is 0 Å². The van der Waals surface area contributed by atoms with E-state index in [9.17, 15) is 14.7 Å². The first-order chi connectivity index (χ1) is 10.4. The first-order valence-corrected chi connectivity index (χ1v) is 6.73. The maximum Gasteiger partial charge on any atom is 0.317 e. The Balaban J connectivity index is 2.40. The Morgan fingerprint density at radius 3 is 2.77 bits per heavy atom. The van der Waals surface area contributed by atoms with Gasteiger partial charge in [-0.15, -0.1) is 0 Å². The van der Waals surface area contributed by atoms with Crippen LogP contribution >= 0.6 is 0 Å². The number of carbonyl (C=O) groups is 1. The molecule has 0 aliphatic carbocycles. The molecule has 0 spiro atoms. The number of aromatic nitrogens is 1. The van der Waals surface area contributed by atoms with Gasteiger partial charge in [0.05, 0.1) is 25.0 Å². The van der Waals surface area contributed by atoms with Gasteiger partial charge in [0, 0.05) is 18.3 Å². The zero-order valence-corrected chi connectivity index (χ0v) is 12.4. The van der Waals surface area contributed by atoms with Gasteiger partial charge in [-0.2, -0.15) is 0 Å². The van der Waals surface area contributed by atoms with Crippen molar-refractivity contribution in [1.82, 2.24) is 9.47 Å². The van der Waals surface area contributed by atoms with E-state index >= 15 is 0 Å². The molecular formula is C15H18N2O5. The predicted octanol–water partition coefficient (Wildman–Crippen LogP) is 1.02. The van der Waals surface area contributed by atoms with Crippen molar-refractivity contribution in [2.24, 2.45) is 0 Å². The zero-order valence-electron chi connectivity index (χ0n) is 12.4. The second-order valence-corrected chi connectivity index (χ2v) is 5.18. The highest BCUT2D eigenvalue weighted by molar-refractivity contribution is 5.69. The van der Waals surface area contributed by atoms with Crippen molar-refractivity contribution < 1.29 is 19.4 Å². The summed E-state index contributed by atoms with van der Waals surface area (Å²) in [5.74, 6) is -0.669. The van der Waals surface area contributed by atoms with Gasteiger partial charge in [-0.05, 0) is 26.1 Å². The van der Waals surface area contributed by atoms with Crippen LogP contribution in [0.4, 0.5) is 0 Å². The Hall–Kier alpha value is -2.54. The molecule has 2 N–H and O–H groups in total. The molecule has 7 nitrogen and oxygen atoms in total. The van der Waals surface area contributed by atoms with Crippen molar-refractivity contribution in [3.63, 3.8) is 0 Å². The Kier molecular flexibility index (Phi) is 4.67. The molecule has 0 unspecified atom stereocenters. The minimum atomic E-state index is -0.977. The van der Waals surface area contributed by atoms with Gasteiger partial charge >= 0.3 is 5.97 Å². The molecule has 7 heteroatoms. The summed E-state index contributed by atoms with van der Waals surface area (Å²) < 4.78 is 7.04. The number of hydrogen-bond acceptors (Lipinski definition) is 5. The van der Waals surface area contributed by atoms with Crippen molar-refractivity contribution in [3.8, 4) is 5.75 Å². The minimum Gasteiger partial charge on any atom is -0.503 e. The molecule has 0 amide bonds. The molecule has 0 aliphatic heterocycles. The highest BCUT2D eigenvalue weighted by Crippen LogP contribution is 2.18. The van der Waals surface area contributed by atoms with Crippen LogP contribution in [-0.2, 0) is 17.9 Å². The average molecular weight is 306 g/mol. The lowest BCUT2D eigenvalue weighted by molar-refractivity contribution is -0.138. The fourth-order valence-electron chi connectivity index (χ4n) is 2.30. The zero-order chi connectivity index (χ0) is 16.3. The average Bonchev–Trinajstić information content (AvgIpc) is 2.92. The molecule has 0 atom stereocenters. The SMILES string of the molecule is Cc1cc(=O)c(O)c(CN(C)CC(=O)O)n1Cc1ccco1. The normalized spacial score (nSPS) is 11.0. The van der Waals surface area contributed by atoms with E-state index in [2.05, 4.69) is 0 Å². The number of aliphatic carboxylic acids is 1. The maximum absolute atomic E-state index is 11.8. The number of hydrogen-bond donors (Lipinski definition) is 2. The molecule has 0 bridgehead atoms. The summed E-state index contributed by atoms with van der Waals surface area (Å²) in [6.45, 7) is 2.05. The summed E-state index contributed by atoms with van der Waals surface area (Å²) in [6, 6.07) is 4.89. The number of rotatable bonds is 6. The van der Waals surface area contributed by atoms with Gasteiger partial charge in [-0.25, -0.2) is 0 Å². The minimum absolute atomic E-state index is 0.135. The van der Waals surface area contributed by atoms with E-state index in [4.69, 9.17) is 9.52 Å². The number of likely N-dealkylation sites (N-methyl/N-ethyl adjacent to an activating group) is 1. The van der Waals surface area contributed by atoms with Crippen LogP contribution in [0, 0.1) is 6.92 Å². The monoisotopic (exact) mass is 306 g/mol. The molecule has 2 aromatic rings. The van der Waals surface area contributed by atoms with E-state index in [0.717, 1.165) is 0 Å². The number of aryl methyl sites for hydroxylation is 1. The van der Waals surface area contributed by atoms with E-state index in [1.807, 2.05) is 0 Å². The summed E-state index contributed by atoms with van der Waals surface area (Å²) in [5.41, 5.74) is 0.551. The standard InChI is InChI=1S/C15H18N2O5/c1-10-6-13(18)15(21)12(8-16(2)9-14(19)20)17(10)7-11-4-3-5-22-11/h3-6,21H,7-9H2,1-2H3,(H,19,20). The predicted molar refractivity (Wildman–Crippen MR) is 78.9 cm³/mol. The number of furan rings is 1. The van der Waals surface area contributed by atoms with Crippen LogP contribution in [0.25, 0.3) is 0 Å². The van der Waals surface area contributed by atoms with E-state index in [1.165, 1.54) is 11.0 Å². The highest BCUT2D eigenvalue weighted by atomic mass is 16.4.